The van der Waals surface area contributed by atoms with E-state index in [0.717, 1.165) is 17.9 Å². The summed E-state index contributed by atoms with van der Waals surface area (Å²) in [5.74, 6) is 0. The summed E-state index contributed by atoms with van der Waals surface area (Å²) < 4.78 is 2.02. The van der Waals surface area contributed by atoms with Gasteiger partial charge in [-0.2, -0.15) is 0 Å². The van der Waals surface area contributed by atoms with E-state index in [1.54, 1.807) is 18.7 Å². The van der Waals surface area contributed by atoms with Crippen LogP contribution in [-0.4, -0.2) is 14.5 Å². The molecule has 1 unspecified atom stereocenters. The lowest BCUT2D eigenvalue weighted by molar-refractivity contribution is 0.666. The summed E-state index contributed by atoms with van der Waals surface area (Å²) in [6.07, 6.45) is 5.37. The van der Waals surface area contributed by atoms with Gasteiger partial charge in [0.1, 0.15) is 0 Å². The van der Waals surface area contributed by atoms with E-state index in [0.29, 0.717) is 0 Å². The Hall–Kier alpha value is -1.68. The number of nitrogens with two attached hydrogens (primary N) is 1. The summed E-state index contributed by atoms with van der Waals surface area (Å²) in [4.78, 5) is 8.36. The molecule has 0 fully saturated rings. The molecule has 0 aliphatic carbocycles. The fourth-order valence-corrected chi connectivity index (χ4v) is 1.51. The molecular weight excluding hydrogens is 188 g/mol. The molecule has 0 radical (unpaired) electrons. The molecule has 1 atom stereocenters. The smallest absolute Gasteiger partial charge is 0.0952 e. The van der Waals surface area contributed by atoms with Crippen molar-refractivity contribution in [1.29, 1.82) is 0 Å². The molecule has 78 valence electrons. The number of rotatable bonds is 3. The maximum Gasteiger partial charge on any atom is 0.0952 e. The zero-order valence-corrected chi connectivity index (χ0v) is 8.67. The minimum Gasteiger partial charge on any atom is -0.327 e. The highest BCUT2D eigenvalue weighted by Gasteiger charge is 2.06. The second-order valence-corrected chi connectivity index (χ2v) is 3.56. The molecule has 2 aromatic rings. The van der Waals surface area contributed by atoms with Crippen LogP contribution in [0.4, 0.5) is 0 Å². The molecule has 2 rings (SSSR count). The summed E-state index contributed by atoms with van der Waals surface area (Å²) in [5.41, 5.74) is 7.87. The SMILES string of the molecule is CC(N)c1cncn1Cc1ccccn1. The second-order valence-electron chi connectivity index (χ2n) is 3.56. The maximum absolute atomic E-state index is 5.83. The van der Waals surface area contributed by atoms with E-state index < -0.39 is 0 Å². The van der Waals surface area contributed by atoms with Crippen molar-refractivity contribution in [3.8, 4) is 0 Å². The van der Waals surface area contributed by atoms with Gasteiger partial charge in [-0.3, -0.25) is 4.98 Å². The fourth-order valence-electron chi connectivity index (χ4n) is 1.51. The van der Waals surface area contributed by atoms with Crippen molar-refractivity contribution in [2.75, 3.05) is 0 Å². The summed E-state index contributed by atoms with van der Waals surface area (Å²) in [5, 5.41) is 0. The van der Waals surface area contributed by atoms with E-state index in [4.69, 9.17) is 5.73 Å². The number of imidazole rings is 1. The van der Waals surface area contributed by atoms with E-state index in [-0.39, 0.29) is 6.04 Å². The van der Waals surface area contributed by atoms with Gasteiger partial charge in [-0.25, -0.2) is 4.98 Å². The zero-order valence-electron chi connectivity index (χ0n) is 8.67. The Labute approximate surface area is 88.8 Å². The third-order valence-electron chi connectivity index (χ3n) is 2.27. The topological polar surface area (TPSA) is 56.7 Å². The molecule has 4 heteroatoms. The van der Waals surface area contributed by atoms with Crippen LogP contribution >= 0.6 is 0 Å². The first-order chi connectivity index (χ1) is 7.27. The molecule has 15 heavy (non-hydrogen) atoms. The van der Waals surface area contributed by atoms with Crippen molar-refractivity contribution in [3.05, 3.63) is 48.3 Å². The Bertz CT molecular complexity index is 419. The van der Waals surface area contributed by atoms with Crippen LogP contribution in [0.2, 0.25) is 0 Å². The predicted molar refractivity (Wildman–Crippen MR) is 58.2 cm³/mol. The number of aromatic nitrogens is 3. The number of hydrogen-bond acceptors (Lipinski definition) is 3. The van der Waals surface area contributed by atoms with Crippen molar-refractivity contribution < 1.29 is 0 Å². The molecular formula is C11H14N4. The predicted octanol–water partition coefficient (Wildman–Crippen LogP) is 1.35. The van der Waals surface area contributed by atoms with E-state index in [9.17, 15) is 0 Å². The highest BCUT2D eigenvalue weighted by molar-refractivity contribution is 5.09. The van der Waals surface area contributed by atoms with Gasteiger partial charge in [0.25, 0.3) is 0 Å². The molecule has 2 aromatic heterocycles. The van der Waals surface area contributed by atoms with Gasteiger partial charge in [0, 0.05) is 18.4 Å². The van der Waals surface area contributed by atoms with Gasteiger partial charge in [-0.15, -0.1) is 0 Å². The Balaban J connectivity index is 2.21. The van der Waals surface area contributed by atoms with Gasteiger partial charge in [0.05, 0.1) is 24.3 Å². The quantitative estimate of drug-likeness (QED) is 0.817. The zero-order chi connectivity index (χ0) is 10.7. The van der Waals surface area contributed by atoms with Crippen molar-refractivity contribution in [1.82, 2.24) is 14.5 Å². The minimum absolute atomic E-state index is 0.00351. The van der Waals surface area contributed by atoms with Crippen LogP contribution in [0.15, 0.2) is 36.9 Å². The Morgan fingerprint density at radius 1 is 1.47 bits per heavy atom. The van der Waals surface area contributed by atoms with Crippen LogP contribution in [0.1, 0.15) is 24.4 Å². The fraction of sp³-hybridized carbons (Fsp3) is 0.273. The van der Waals surface area contributed by atoms with E-state index in [2.05, 4.69) is 9.97 Å². The largest absolute Gasteiger partial charge is 0.327 e. The highest BCUT2D eigenvalue weighted by atomic mass is 15.1. The molecule has 0 saturated heterocycles. The summed E-state index contributed by atoms with van der Waals surface area (Å²) in [6.45, 7) is 2.67. The third-order valence-corrected chi connectivity index (χ3v) is 2.27. The lowest BCUT2D eigenvalue weighted by Gasteiger charge is -2.09. The summed E-state index contributed by atoms with van der Waals surface area (Å²) in [6, 6.07) is 5.87. The molecule has 4 nitrogen and oxygen atoms in total. The van der Waals surface area contributed by atoms with Crippen LogP contribution in [0.25, 0.3) is 0 Å². The van der Waals surface area contributed by atoms with Gasteiger partial charge in [0.2, 0.25) is 0 Å². The molecule has 0 aliphatic rings. The summed E-state index contributed by atoms with van der Waals surface area (Å²) >= 11 is 0. The number of pyridine rings is 1. The van der Waals surface area contributed by atoms with Crippen LogP contribution < -0.4 is 5.73 Å². The van der Waals surface area contributed by atoms with E-state index in [1.807, 2.05) is 29.7 Å². The lowest BCUT2D eigenvalue weighted by Crippen LogP contribution is -2.12. The van der Waals surface area contributed by atoms with Crippen molar-refractivity contribution >= 4 is 0 Å². The van der Waals surface area contributed by atoms with Gasteiger partial charge < -0.3 is 10.3 Å². The average Bonchev–Trinajstić information content (AvgIpc) is 2.67. The van der Waals surface area contributed by atoms with Crippen molar-refractivity contribution in [3.63, 3.8) is 0 Å². The number of nitrogens with zero attached hydrogens (tertiary/aromatic N) is 3. The molecule has 0 saturated carbocycles. The van der Waals surface area contributed by atoms with Crippen molar-refractivity contribution in [2.24, 2.45) is 5.73 Å². The second kappa shape index (κ2) is 4.23. The average molecular weight is 202 g/mol. The van der Waals surface area contributed by atoms with E-state index >= 15 is 0 Å². The molecule has 0 bridgehead atoms. The van der Waals surface area contributed by atoms with Crippen LogP contribution in [-0.2, 0) is 6.54 Å². The normalized spacial score (nSPS) is 12.7. The first-order valence-electron chi connectivity index (χ1n) is 4.93. The van der Waals surface area contributed by atoms with Crippen molar-refractivity contribution in [2.45, 2.75) is 19.5 Å². The maximum atomic E-state index is 5.83. The molecule has 2 N–H and O–H groups in total. The Kier molecular flexibility index (Phi) is 2.78. The minimum atomic E-state index is -0.00351. The van der Waals surface area contributed by atoms with Gasteiger partial charge in [-0.1, -0.05) is 6.07 Å². The first kappa shape index (κ1) is 9.86. The molecule has 0 aromatic carbocycles. The lowest BCUT2D eigenvalue weighted by atomic mass is 10.2. The molecule has 0 amide bonds. The van der Waals surface area contributed by atoms with Gasteiger partial charge >= 0.3 is 0 Å². The summed E-state index contributed by atoms with van der Waals surface area (Å²) in [7, 11) is 0. The monoisotopic (exact) mass is 202 g/mol. The van der Waals surface area contributed by atoms with Gasteiger partial charge in [-0.05, 0) is 19.1 Å². The number of hydrogen-bond donors (Lipinski definition) is 1. The molecule has 2 heterocycles. The molecule has 0 aliphatic heterocycles. The van der Waals surface area contributed by atoms with Crippen LogP contribution in [0.5, 0.6) is 0 Å². The van der Waals surface area contributed by atoms with Crippen LogP contribution in [0.3, 0.4) is 0 Å². The van der Waals surface area contributed by atoms with Crippen LogP contribution in [0, 0.1) is 0 Å². The standard InChI is InChI=1S/C11H14N4/c1-9(12)11-6-13-8-15(11)7-10-4-2-3-5-14-10/h2-6,8-9H,7,12H2,1H3. The third kappa shape index (κ3) is 2.22. The Morgan fingerprint density at radius 3 is 3.00 bits per heavy atom. The van der Waals surface area contributed by atoms with E-state index in [1.165, 1.54) is 0 Å². The highest BCUT2D eigenvalue weighted by Crippen LogP contribution is 2.10. The van der Waals surface area contributed by atoms with Gasteiger partial charge in [0.15, 0.2) is 0 Å². The first-order valence-corrected chi connectivity index (χ1v) is 4.93. The Morgan fingerprint density at radius 2 is 2.33 bits per heavy atom. The molecule has 0 spiro atoms.